The molecule has 0 atom stereocenters. The zero-order valence-corrected chi connectivity index (χ0v) is 14.8. The Balaban J connectivity index is 1.89. The Bertz CT molecular complexity index is 915. The van der Waals surface area contributed by atoms with Crippen molar-refractivity contribution in [2.24, 2.45) is 0 Å². The number of fused-ring (bicyclic) bond motifs is 1. The first-order chi connectivity index (χ1) is 12.1. The van der Waals surface area contributed by atoms with Gasteiger partial charge in [0.15, 0.2) is 0 Å². The molecule has 5 heteroatoms. The van der Waals surface area contributed by atoms with Crippen LogP contribution in [0.1, 0.15) is 24.0 Å². The molecule has 0 amide bonds. The topological polar surface area (TPSA) is 29.9 Å². The van der Waals surface area contributed by atoms with Crippen LogP contribution in [0, 0.1) is 12.7 Å². The third kappa shape index (κ3) is 3.02. The standard InChI is InChI=1S/C20H19ClFN3/c1-13-5-10-16(12-18(13)21)25-20-17(4-2-3-11-23-20)19(24-25)14-6-8-15(22)9-7-14/h5-10,12,23H,2-4,11H2,1H3. The fourth-order valence-electron chi connectivity index (χ4n) is 3.24. The Labute approximate surface area is 151 Å². The van der Waals surface area contributed by atoms with Gasteiger partial charge in [0.05, 0.1) is 11.4 Å². The van der Waals surface area contributed by atoms with Crippen LogP contribution >= 0.6 is 11.6 Å². The van der Waals surface area contributed by atoms with Crippen LogP contribution < -0.4 is 5.32 Å². The van der Waals surface area contributed by atoms with E-state index in [1.54, 1.807) is 12.1 Å². The summed E-state index contributed by atoms with van der Waals surface area (Å²) in [6.07, 6.45) is 3.18. The van der Waals surface area contributed by atoms with E-state index in [1.165, 1.54) is 17.7 Å². The van der Waals surface area contributed by atoms with Crippen molar-refractivity contribution < 1.29 is 4.39 Å². The van der Waals surface area contributed by atoms with Gasteiger partial charge < -0.3 is 5.32 Å². The maximum atomic E-state index is 13.3. The van der Waals surface area contributed by atoms with E-state index >= 15 is 0 Å². The van der Waals surface area contributed by atoms with Crippen molar-refractivity contribution in [2.45, 2.75) is 26.2 Å². The maximum absolute atomic E-state index is 13.3. The summed E-state index contributed by atoms with van der Waals surface area (Å²) in [6.45, 7) is 2.90. The van der Waals surface area contributed by atoms with Gasteiger partial charge in [0, 0.05) is 22.7 Å². The summed E-state index contributed by atoms with van der Waals surface area (Å²) < 4.78 is 15.2. The number of halogens is 2. The van der Waals surface area contributed by atoms with Crippen LogP contribution in [0.4, 0.5) is 10.2 Å². The lowest BCUT2D eigenvalue weighted by molar-refractivity contribution is 0.628. The van der Waals surface area contributed by atoms with E-state index in [1.807, 2.05) is 29.8 Å². The lowest BCUT2D eigenvalue weighted by atomic mass is 10.0. The van der Waals surface area contributed by atoms with Gasteiger partial charge in [-0.2, -0.15) is 5.10 Å². The van der Waals surface area contributed by atoms with Gasteiger partial charge in [0.1, 0.15) is 11.6 Å². The first-order valence-electron chi connectivity index (χ1n) is 8.52. The Morgan fingerprint density at radius 1 is 1.12 bits per heavy atom. The zero-order valence-electron chi connectivity index (χ0n) is 14.0. The molecule has 3 nitrogen and oxygen atoms in total. The number of nitrogens with zero attached hydrogens (tertiary/aromatic N) is 2. The van der Waals surface area contributed by atoms with E-state index in [0.717, 1.165) is 59.2 Å². The maximum Gasteiger partial charge on any atom is 0.133 e. The highest BCUT2D eigenvalue weighted by Crippen LogP contribution is 2.34. The van der Waals surface area contributed by atoms with Crippen molar-refractivity contribution >= 4 is 17.4 Å². The van der Waals surface area contributed by atoms with Crippen LogP contribution in [0.25, 0.3) is 16.9 Å². The fourth-order valence-corrected chi connectivity index (χ4v) is 3.42. The molecule has 4 rings (SSSR count). The number of aryl methyl sites for hydroxylation is 1. The van der Waals surface area contributed by atoms with Crippen LogP contribution in [0.15, 0.2) is 42.5 Å². The second kappa shape index (κ2) is 6.52. The molecule has 128 valence electrons. The van der Waals surface area contributed by atoms with Gasteiger partial charge in [-0.15, -0.1) is 0 Å². The first-order valence-corrected chi connectivity index (χ1v) is 8.89. The second-order valence-electron chi connectivity index (χ2n) is 6.41. The molecular weight excluding hydrogens is 337 g/mol. The molecule has 0 saturated carbocycles. The SMILES string of the molecule is Cc1ccc(-n2nc(-c3ccc(F)cc3)c3c2NCCCC3)cc1Cl. The quantitative estimate of drug-likeness (QED) is 0.668. The Morgan fingerprint density at radius 3 is 2.68 bits per heavy atom. The summed E-state index contributed by atoms with van der Waals surface area (Å²) in [6, 6.07) is 12.5. The number of hydrogen-bond acceptors (Lipinski definition) is 2. The molecular formula is C20H19ClFN3. The highest BCUT2D eigenvalue weighted by atomic mass is 35.5. The smallest absolute Gasteiger partial charge is 0.133 e. The number of hydrogen-bond donors (Lipinski definition) is 1. The molecule has 0 spiro atoms. The molecule has 0 unspecified atom stereocenters. The molecule has 3 aromatic rings. The molecule has 2 heterocycles. The minimum Gasteiger partial charge on any atom is -0.370 e. The lowest BCUT2D eigenvalue weighted by Crippen LogP contribution is -2.07. The summed E-state index contributed by atoms with van der Waals surface area (Å²) in [5.74, 6) is 0.773. The number of anilines is 1. The lowest BCUT2D eigenvalue weighted by Gasteiger charge is -2.10. The third-order valence-corrected chi connectivity index (χ3v) is 5.05. The van der Waals surface area contributed by atoms with Crippen molar-refractivity contribution in [3.8, 4) is 16.9 Å². The molecule has 0 aliphatic carbocycles. The van der Waals surface area contributed by atoms with E-state index < -0.39 is 0 Å². The summed E-state index contributed by atoms with van der Waals surface area (Å²) in [4.78, 5) is 0. The van der Waals surface area contributed by atoms with Crippen LogP contribution in [0.3, 0.4) is 0 Å². The molecule has 1 aromatic heterocycles. The minimum absolute atomic E-state index is 0.238. The summed E-state index contributed by atoms with van der Waals surface area (Å²) in [5, 5.41) is 9.08. The molecule has 0 fully saturated rings. The Hall–Kier alpha value is -2.33. The van der Waals surface area contributed by atoms with Gasteiger partial charge >= 0.3 is 0 Å². The number of aromatic nitrogens is 2. The van der Waals surface area contributed by atoms with Crippen molar-refractivity contribution in [3.05, 3.63) is 64.4 Å². The molecule has 25 heavy (non-hydrogen) atoms. The summed E-state index contributed by atoms with van der Waals surface area (Å²) in [7, 11) is 0. The highest BCUT2D eigenvalue weighted by molar-refractivity contribution is 6.31. The van der Waals surface area contributed by atoms with Crippen LogP contribution in [-0.2, 0) is 6.42 Å². The molecule has 1 N–H and O–H groups in total. The van der Waals surface area contributed by atoms with E-state index in [2.05, 4.69) is 5.32 Å². The molecule has 0 bridgehead atoms. The Kier molecular flexibility index (Phi) is 4.22. The van der Waals surface area contributed by atoms with E-state index in [4.69, 9.17) is 16.7 Å². The van der Waals surface area contributed by atoms with Gasteiger partial charge in [-0.05, 0) is 68.1 Å². The highest BCUT2D eigenvalue weighted by Gasteiger charge is 2.21. The molecule has 2 aromatic carbocycles. The zero-order chi connectivity index (χ0) is 17.4. The normalized spacial score (nSPS) is 13.9. The van der Waals surface area contributed by atoms with Crippen molar-refractivity contribution in [1.82, 2.24) is 9.78 Å². The molecule has 0 radical (unpaired) electrons. The number of nitrogens with one attached hydrogen (secondary N) is 1. The van der Waals surface area contributed by atoms with E-state index in [9.17, 15) is 4.39 Å². The van der Waals surface area contributed by atoms with E-state index in [0.29, 0.717) is 0 Å². The number of benzene rings is 2. The predicted octanol–water partition coefficient (Wildman–Crippen LogP) is 5.39. The number of rotatable bonds is 2. The molecule has 1 aliphatic heterocycles. The third-order valence-electron chi connectivity index (χ3n) is 4.65. The van der Waals surface area contributed by atoms with Gasteiger partial charge in [-0.25, -0.2) is 9.07 Å². The van der Waals surface area contributed by atoms with Crippen LogP contribution in [0.5, 0.6) is 0 Å². The van der Waals surface area contributed by atoms with Crippen LogP contribution in [-0.4, -0.2) is 16.3 Å². The van der Waals surface area contributed by atoms with Crippen LogP contribution in [0.2, 0.25) is 5.02 Å². The van der Waals surface area contributed by atoms with Gasteiger partial charge in [0.2, 0.25) is 0 Å². The average molecular weight is 356 g/mol. The Morgan fingerprint density at radius 2 is 1.92 bits per heavy atom. The minimum atomic E-state index is -0.238. The van der Waals surface area contributed by atoms with Crippen molar-refractivity contribution in [3.63, 3.8) is 0 Å². The fraction of sp³-hybridized carbons (Fsp3) is 0.250. The summed E-state index contributed by atoms with van der Waals surface area (Å²) in [5.41, 5.74) is 4.98. The monoisotopic (exact) mass is 355 g/mol. The van der Waals surface area contributed by atoms with Gasteiger partial charge in [-0.3, -0.25) is 0 Å². The largest absolute Gasteiger partial charge is 0.370 e. The van der Waals surface area contributed by atoms with Gasteiger partial charge in [-0.1, -0.05) is 17.7 Å². The average Bonchev–Trinajstić information content (AvgIpc) is 2.80. The predicted molar refractivity (Wildman–Crippen MR) is 100 cm³/mol. The second-order valence-corrected chi connectivity index (χ2v) is 6.82. The molecule has 0 saturated heterocycles. The van der Waals surface area contributed by atoms with Gasteiger partial charge in [0.25, 0.3) is 0 Å². The first kappa shape index (κ1) is 16.2. The van der Waals surface area contributed by atoms with Crippen molar-refractivity contribution in [1.29, 1.82) is 0 Å². The molecule has 1 aliphatic rings. The summed E-state index contributed by atoms with van der Waals surface area (Å²) >= 11 is 6.32. The van der Waals surface area contributed by atoms with E-state index in [-0.39, 0.29) is 5.82 Å². The van der Waals surface area contributed by atoms with Crippen molar-refractivity contribution in [2.75, 3.05) is 11.9 Å².